The predicted octanol–water partition coefficient (Wildman–Crippen LogP) is -0.384. The molecule has 1 aromatic heterocycles. The van der Waals surface area contributed by atoms with Crippen LogP contribution in [0.5, 0.6) is 0 Å². The number of benzene rings is 1. The van der Waals surface area contributed by atoms with Gasteiger partial charge in [-0.25, -0.2) is 13.2 Å². The monoisotopic (exact) mass is 564 g/mol. The third-order valence-corrected chi connectivity index (χ3v) is 4.50. The number of amides is 1. The maximum atomic E-state index is 13.7. The van der Waals surface area contributed by atoms with Crippen molar-refractivity contribution in [3.63, 3.8) is 0 Å². The highest BCUT2D eigenvalue weighted by molar-refractivity contribution is 7.79. The number of aliphatic hydroxyl groups excluding tert-OH is 1. The van der Waals surface area contributed by atoms with Crippen molar-refractivity contribution in [1.29, 1.82) is 0 Å². The summed E-state index contributed by atoms with van der Waals surface area (Å²) in [6.07, 6.45) is -5.11. The lowest BCUT2D eigenvalue weighted by Gasteiger charge is -2.29. The molecule has 1 amide bonds. The molecular formula is C18H22F6N6O6S-2. The second kappa shape index (κ2) is 13.6. The summed E-state index contributed by atoms with van der Waals surface area (Å²) in [5.74, 6) is -5.15. The van der Waals surface area contributed by atoms with Crippen LogP contribution in [0.15, 0.2) is 12.1 Å². The van der Waals surface area contributed by atoms with Crippen LogP contribution in [0.3, 0.4) is 0 Å². The Kier molecular flexibility index (Phi) is 11.9. The summed E-state index contributed by atoms with van der Waals surface area (Å²) in [5, 5.41) is 14.3. The Balaban J connectivity index is 0.000000657. The highest BCUT2D eigenvalue weighted by atomic mass is 32.3. The average molecular weight is 564 g/mol. The minimum Gasteiger partial charge on any atom is -0.759 e. The highest BCUT2D eigenvalue weighted by Gasteiger charge is 2.40. The SMILES string of the molecule is NCCO.N[C@@H](CC(=O)N1CCn2c(nnc2C(F)(F)F)C1)Cc1cc(F)c(F)cc1F.O=S(=O)([O-])[O-]. The van der Waals surface area contributed by atoms with E-state index in [1.54, 1.807) is 0 Å². The number of alkyl halides is 3. The number of nitrogens with zero attached hydrogens (tertiary/aromatic N) is 4. The summed E-state index contributed by atoms with van der Waals surface area (Å²) in [7, 11) is -5.17. The number of fused-ring (bicyclic) bond motifs is 1. The molecule has 0 saturated heterocycles. The van der Waals surface area contributed by atoms with Crippen molar-refractivity contribution in [2.24, 2.45) is 11.5 Å². The van der Waals surface area contributed by atoms with E-state index in [0.29, 0.717) is 18.7 Å². The van der Waals surface area contributed by atoms with E-state index in [1.807, 2.05) is 0 Å². The molecule has 0 fully saturated rings. The van der Waals surface area contributed by atoms with Gasteiger partial charge in [0.25, 0.3) is 0 Å². The van der Waals surface area contributed by atoms with Crippen LogP contribution in [-0.2, 0) is 40.9 Å². The van der Waals surface area contributed by atoms with Gasteiger partial charge in [-0.05, 0) is 18.1 Å². The van der Waals surface area contributed by atoms with Gasteiger partial charge in [0.2, 0.25) is 11.7 Å². The van der Waals surface area contributed by atoms with E-state index in [1.165, 1.54) is 4.90 Å². The Bertz CT molecular complexity index is 1150. The highest BCUT2D eigenvalue weighted by Crippen LogP contribution is 2.29. The van der Waals surface area contributed by atoms with Crippen molar-refractivity contribution >= 4 is 16.3 Å². The molecule has 0 unspecified atom stereocenters. The van der Waals surface area contributed by atoms with Crippen molar-refractivity contribution < 1.29 is 53.8 Å². The minimum atomic E-state index is -5.17. The maximum absolute atomic E-state index is 13.7. The molecule has 0 aliphatic carbocycles. The molecule has 3 rings (SSSR count). The third kappa shape index (κ3) is 11.0. The fourth-order valence-corrected chi connectivity index (χ4v) is 3.01. The van der Waals surface area contributed by atoms with Crippen molar-refractivity contribution in [3.8, 4) is 0 Å². The molecule has 5 N–H and O–H groups in total. The molecule has 0 saturated carbocycles. The van der Waals surface area contributed by atoms with Crippen molar-refractivity contribution in [3.05, 3.63) is 46.8 Å². The van der Waals surface area contributed by atoms with Gasteiger partial charge in [0.1, 0.15) is 5.82 Å². The molecule has 210 valence electrons. The van der Waals surface area contributed by atoms with Gasteiger partial charge in [-0.3, -0.25) is 13.2 Å². The number of nitrogens with two attached hydrogens (primary N) is 2. The fourth-order valence-electron chi connectivity index (χ4n) is 3.01. The first-order chi connectivity index (χ1) is 17.0. The van der Waals surface area contributed by atoms with Crippen molar-refractivity contribution in [2.75, 3.05) is 19.7 Å². The molecule has 1 aliphatic heterocycles. The van der Waals surface area contributed by atoms with Crippen LogP contribution >= 0.6 is 0 Å². The van der Waals surface area contributed by atoms with Crippen molar-refractivity contribution in [2.45, 2.75) is 38.1 Å². The second-order valence-electron chi connectivity index (χ2n) is 7.35. The number of hydrogen-bond donors (Lipinski definition) is 3. The minimum absolute atomic E-state index is 0.000783. The zero-order chi connectivity index (χ0) is 28.6. The van der Waals surface area contributed by atoms with Gasteiger partial charge in [-0.1, -0.05) is 0 Å². The van der Waals surface area contributed by atoms with Crippen LogP contribution in [-0.4, -0.2) is 73.9 Å². The van der Waals surface area contributed by atoms with Gasteiger partial charge >= 0.3 is 6.18 Å². The second-order valence-corrected chi connectivity index (χ2v) is 8.17. The quantitative estimate of drug-likeness (QED) is 0.186. The largest absolute Gasteiger partial charge is 0.759 e. The Morgan fingerprint density at radius 3 is 2.16 bits per heavy atom. The molecule has 0 bridgehead atoms. The number of aromatic nitrogens is 3. The first kappa shape index (κ1) is 32.2. The van der Waals surface area contributed by atoms with Crippen LogP contribution in [0.4, 0.5) is 26.3 Å². The van der Waals surface area contributed by atoms with Gasteiger partial charge < -0.3 is 35.1 Å². The first-order valence-electron chi connectivity index (χ1n) is 10.1. The molecule has 19 heteroatoms. The Morgan fingerprint density at radius 2 is 1.65 bits per heavy atom. The Hall–Kier alpha value is -2.84. The van der Waals surface area contributed by atoms with E-state index in [9.17, 15) is 31.1 Å². The summed E-state index contributed by atoms with van der Waals surface area (Å²) in [6, 6.07) is 0.184. The van der Waals surface area contributed by atoms with E-state index in [4.69, 9.17) is 34.1 Å². The first-order valence-corrected chi connectivity index (χ1v) is 11.4. The molecule has 2 heterocycles. The molecule has 1 atom stereocenters. The van der Waals surface area contributed by atoms with E-state index in [-0.39, 0.29) is 50.5 Å². The molecule has 12 nitrogen and oxygen atoms in total. The number of rotatable bonds is 5. The summed E-state index contributed by atoms with van der Waals surface area (Å²) < 4.78 is 113. The number of carbonyl (C=O) groups excluding carboxylic acids is 1. The van der Waals surface area contributed by atoms with Crippen molar-refractivity contribution in [1.82, 2.24) is 19.7 Å². The summed E-state index contributed by atoms with van der Waals surface area (Å²) in [6.45, 7) is 0.170. The van der Waals surface area contributed by atoms with Gasteiger partial charge in [0, 0.05) is 48.6 Å². The molecule has 1 aliphatic rings. The molecule has 0 spiro atoms. The van der Waals surface area contributed by atoms with Gasteiger partial charge in [-0.2, -0.15) is 13.2 Å². The predicted molar refractivity (Wildman–Crippen MR) is 110 cm³/mol. The number of halogens is 6. The van der Waals surface area contributed by atoms with E-state index in [2.05, 4.69) is 10.2 Å². The van der Waals surface area contributed by atoms with Crippen LogP contribution in [0.2, 0.25) is 0 Å². The lowest BCUT2D eigenvalue weighted by Crippen LogP contribution is -2.42. The number of hydrogen-bond acceptors (Lipinski definition) is 10. The molecule has 2 aromatic rings. The topological polar surface area (TPSA) is 204 Å². The zero-order valence-corrected chi connectivity index (χ0v) is 19.6. The third-order valence-electron chi connectivity index (χ3n) is 4.50. The van der Waals surface area contributed by atoms with Crippen LogP contribution < -0.4 is 11.5 Å². The van der Waals surface area contributed by atoms with Gasteiger partial charge in [0.05, 0.1) is 13.2 Å². The lowest BCUT2D eigenvalue weighted by atomic mass is 10.0. The van der Waals surface area contributed by atoms with Gasteiger partial charge in [-0.15, -0.1) is 10.2 Å². The zero-order valence-electron chi connectivity index (χ0n) is 18.8. The average Bonchev–Trinajstić information content (AvgIpc) is 3.20. The lowest BCUT2D eigenvalue weighted by molar-refractivity contribution is -0.148. The molecule has 1 aromatic carbocycles. The van der Waals surface area contributed by atoms with E-state index in [0.717, 1.165) is 4.57 Å². The fraction of sp³-hybridized carbons (Fsp3) is 0.500. The number of carbonyl (C=O) groups is 1. The standard InChI is InChI=1S/C16H15F6N5O.C2H7NO.H2O4S/c17-10-6-12(19)11(18)4-8(10)3-9(23)5-14(28)26-1-2-27-13(7-26)24-25-15(27)16(20,21)22;3-1-2-4;1-5(2,3)4/h4,6,9H,1-3,5,7,23H2;4H,1-3H2;(H2,1,2,3,4)/p-2/t9-;;/m1../s1. The van der Waals surface area contributed by atoms with Crippen LogP contribution in [0.1, 0.15) is 23.6 Å². The van der Waals surface area contributed by atoms with Gasteiger partial charge in [0.15, 0.2) is 17.5 Å². The molecule has 0 radical (unpaired) electrons. The number of aliphatic hydroxyl groups is 1. The van der Waals surface area contributed by atoms with E-state index < -0.39 is 51.8 Å². The maximum Gasteiger partial charge on any atom is 0.451 e. The Labute approximate surface area is 206 Å². The van der Waals surface area contributed by atoms with Crippen LogP contribution in [0, 0.1) is 17.5 Å². The normalized spacial score (nSPS) is 14.1. The molecular weight excluding hydrogens is 542 g/mol. The summed E-state index contributed by atoms with van der Waals surface area (Å²) in [4.78, 5) is 13.6. The summed E-state index contributed by atoms with van der Waals surface area (Å²) in [5.41, 5.74) is 10.4. The summed E-state index contributed by atoms with van der Waals surface area (Å²) >= 11 is 0. The smallest absolute Gasteiger partial charge is 0.451 e. The van der Waals surface area contributed by atoms with E-state index >= 15 is 0 Å². The Morgan fingerprint density at radius 1 is 1.11 bits per heavy atom. The molecule has 37 heavy (non-hydrogen) atoms. The van der Waals surface area contributed by atoms with Crippen LogP contribution in [0.25, 0.3) is 0 Å².